The monoisotopic (exact) mass is 205 g/mol. The molecule has 0 aliphatic carbocycles. The van der Waals surface area contributed by atoms with Gasteiger partial charge < -0.3 is 5.32 Å². The average molecular weight is 205 g/mol. The highest BCUT2D eigenvalue weighted by molar-refractivity contribution is 5.81. The first-order valence-electron chi connectivity index (χ1n) is 5.51. The molecule has 0 radical (unpaired) electrons. The third-order valence-electron chi connectivity index (χ3n) is 2.33. The largest absolute Gasteiger partial charge is 0.314 e. The predicted molar refractivity (Wildman–Crippen MR) is 62.9 cm³/mol. The summed E-state index contributed by atoms with van der Waals surface area (Å²) in [5, 5.41) is 3.24. The van der Waals surface area contributed by atoms with E-state index in [2.05, 4.69) is 12.2 Å². The Bertz CT molecular complexity index is 295. The van der Waals surface area contributed by atoms with Crippen LogP contribution in [0.2, 0.25) is 0 Å². The van der Waals surface area contributed by atoms with Crippen molar-refractivity contribution in [2.75, 3.05) is 6.54 Å². The second-order valence-corrected chi connectivity index (χ2v) is 3.86. The lowest BCUT2D eigenvalue weighted by Gasteiger charge is -2.10. The fourth-order valence-corrected chi connectivity index (χ4v) is 1.66. The molecule has 0 spiro atoms. The van der Waals surface area contributed by atoms with E-state index in [1.807, 2.05) is 37.3 Å². The minimum Gasteiger partial charge on any atom is -0.314 e. The topological polar surface area (TPSA) is 29.1 Å². The van der Waals surface area contributed by atoms with Gasteiger partial charge in [-0.3, -0.25) is 4.79 Å². The molecule has 2 heteroatoms. The molecule has 1 N–H and O–H groups in total. The Hall–Kier alpha value is -1.15. The van der Waals surface area contributed by atoms with Crippen molar-refractivity contribution in [3.63, 3.8) is 0 Å². The Morgan fingerprint density at radius 2 is 2.00 bits per heavy atom. The van der Waals surface area contributed by atoms with E-state index in [0.29, 0.717) is 18.6 Å². The minimum atomic E-state index is 0.284. The van der Waals surface area contributed by atoms with E-state index >= 15 is 0 Å². The van der Waals surface area contributed by atoms with E-state index in [0.717, 1.165) is 12.1 Å². The minimum absolute atomic E-state index is 0.284. The summed E-state index contributed by atoms with van der Waals surface area (Å²) in [5.74, 6) is 0.301. The average Bonchev–Trinajstić information content (AvgIpc) is 2.19. The van der Waals surface area contributed by atoms with E-state index in [4.69, 9.17) is 0 Å². The lowest BCUT2D eigenvalue weighted by molar-refractivity contribution is -0.118. The quantitative estimate of drug-likeness (QED) is 0.771. The molecule has 0 amide bonds. The van der Waals surface area contributed by atoms with Gasteiger partial charge in [-0.05, 0) is 19.0 Å². The molecule has 82 valence electrons. The van der Waals surface area contributed by atoms with Gasteiger partial charge in [-0.25, -0.2) is 0 Å². The van der Waals surface area contributed by atoms with Gasteiger partial charge in [0.15, 0.2) is 0 Å². The lowest BCUT2D eigenvalue weighted by Crippen LogP contribution is -2.28. The molecule has 1 aromatic rings. The van der Waals surface area contributed by atoms with Gasteiger partial charge in [0.1, 0.15) is 5.78 Å². The number of benzene rings is 1. The first-order chi connectivity index (χ1) is 7.22. The van der Waals surface area contributed by atoms with Gasteiger partial charge in [0.05, 0.1) is 0 Å². The molecular weight excluding hydrogens is 186 g/mol. The van der Waals surface area contributed by atoms with Crippen molar-refractivity contribution in [1.82, 2.24) is 5.32 Å². The van der Waals surface area contributed by atoms with Crippen molar-refractivity contribution in [3.8, 4) is 0 Å². The highest BCUT2D eigenvalue weighted by Gasteiger charge is 2.08. The zero-order valence-electron chi connectivity index (χ0n) is 9.49. The number of hydrogen-bond acceptors (Lipinski definition) is 2. The molecule has 0 saturated carbocycles. The summed E-state index contributed by atoms with van der Waals surface area (Å²) in [6.07, 6.45) is 1.17. The summed E-state index contributed by atoms with van der Waals surface area (Å²) in [7, 11) is 0. The van der Waals surface area contributed by atoms with Gasteiger partial charge in [-0.2, -0.15) is 0 Å². The molecular formula is C13H19NO. The maximum absolute atomic E-state index is 11.7. The summed E-state index contributed by atoms with van der Waals surface area (Å²) in [6, 6.07) is 10.2. The molecule has 0 fully saturated rings. The fourth-order valence-electron chi connectivity index (χ4n) is 1.66. The Morgan fingerprint density at radius 1 is 1.33 bits per heavy atom. The van der Waals surface area contributed by atoms with Gasteiger partial charge in [-0.15, -0.1) is 0 Å². The number of nitrogens with one attached hydrogen (secondary N) is 1. The van der Waals surface area contributed by atoms with E-state index in [1.165, 1.54) is 0 Å². The lowest BCUT2D eigenvalue weighted by atomic mass is 10.0. The van der Waals surface area contributed by atoms with Crippen molar-refractivity contribution in [1.29, 1.82) is 0 Å². The van der Waals surface area contributed by atoms with Crippen LogP contribution in [0.5, 0.6) is 0 Å². The predicted octanol–water partition coefficient (Wildman–Crippen LogP) is 2.19. The molecule has 0 aromatic heterocycles. The first-order valence-corrected chi connectivity index (χ1v) is 5.51. The zero-order chi connectivity index (χ0) is 11.1. The Morgan fingerprint density at radius 3 is 2.60 bits per heavy atom. The van der Waals surface area contributed by atoms with E-state index in [1.54, 1.807) is 0 Å². The second kappa shape index (κ2) is 6.36. The van der Waals surface area contributed by atoms with E-state index < -0.39 is 0 Å². The van der Waals surface area contributed by atoms with Crippen LogP contribution in [0.4, 0.5) is 0 Å². The maximum atomic E-state index is 11.7. The molecule has 1 unspecified atom stereocenters. The molecule has 2 nitrogen and oxygen atoms in total. The van der Waals surface area contributed by atoms with Crippen molar-refractivity contribution < 1.29 is 4.79 Å². The summed E-state index contributed by atoms with van der Waals surface area (Å²) in [6.45, 7) is 5.02. The fraction of sp³-hybridized carbons (Fsp3) is 0.462. The molecule has 0 aliphatic rings. The Labute approximate surface area is 91.7 Å². The maximum Gasteiger partial charge on any atom is 0.138 e. The summed E-state index contributed by atoms with van der Waals surface area (Å²) < 4.78 is 0. The van der Waals surface area contributed by atoms with Gasteiger partial charge in [0.2, 0.25) is 0 Å². The third kappa shape index (κ3) is 4.75. The van der Waals surface area contributed by atoms with Gasteiger partial charge >= 0.3 is 0 Å². The second-order valence-electron chi connectivity index (χ2n) is 3.86. The number of rotatable bonds is 6. The third-order valence-corrected chi connectivity index (χ3v) is 2.33. The molecule has 1 aromatic carbocycles. The number of carbonyl (C=O) groups is 1. The van der Waals surface area contributed by atoms with E-state index in [9.17, 15) is 4.79 Å². The molecule has 15 heavy (non-hydrogen) atoms. The smallest absolute Gasteiger partial charge is 0.138 e. The van der Waals surface area contributed by atoms with Gasteiger partial charge in [0.25, 0.3) is 0 Å². The number of Topliss-reactive ketones (excluding diaryl/α,β-unsaturated/α-hetero) is 1. The Kier molecular flexibility index (Phi) is 5.05. The van der Waals surface area contributed by atoms with Crippen LogP contribution in [-0.4, -0.2) is 18.4 Å². The first kappa shape index (κ1) is 11.9. The summed E-state index contributed by atoms with van der Waals surface area (Å²) >= 11 is 0. The highest BCUT2D eigenvalue weighted by atomic mass is 16.1. The molecule has 0 bridgehead atoms. The van der Waals surface area contributed by atoms with E-state index in [-0.39, 0.29) is 6.04 Å². The van der Waals surface area contributed by atoms with Crippen molar-refractivity contribution in [2.45, 2.75) is 32.7 Å². The number of carbonyl (C=O) groups excluding carboxylic acids is 1. The van der Waals surface area contributed by atoms with Crippen LogP contribution in [0.25, 0.3) is 0 Å². The van der Waals surface area contributed by atoms with Crippen LogP contribution in [0.15, 0.2) is 30.3 Å². The number of hydrogen-bond donors (Lipinski definition) is 1. The summed E-state index contributed by atoms with van der Waals surface area (Å²) in [5.41, 5.74) is 1.10. The zero-order valence-corrected chi connectivity index (χ0v) is 9.49. The van der Waals surface area contributed by atoms with Crippen molar-refractivity contribution in [3.05, 3.63) is 35.9 Å². The Balaban J connectivity index is 2.36. The standard InChI is InChI=1S/C13H19NO/c1-3-14-11(2)9-13(15)10-12-7-5-4-6-8-12/h4-8,11,14H,3,9-10H2,1-2H3. The van der Waals surface area contributed by atoms with Crippen molar-refractivity contribution in [2.24, 2.45) is 0 Å². The van der Waals surface area contributed by atoms with Crippen LogP contribution < -0.4 is 5.32 Å². The molecule has 0 aliphatic heterocycles. The van der Waals surface area contributed by atoms with Gasteiger partial charge in [-0.1, -0.05) is 37.3 Å². The molecule has 0 saturated heterocycles. The normalized spacial score (nSPS) is 12.4. The van der Waals surface area contributed by atoms with Crippen molar-refractivity contribution >= 4 is 5.78 Å². The van der Waals surface area contributed by atoms with Crippen LogP contribution in [0, 0.1) is 0 Å². The van der Waals surface area contributed by atoms with Crippen LogP contribution in [0.3, 0.4) is 0 Å². The van der Waals surface area contributed by atoms with Gasteiger partial charge in [0, 0.05) is 18.9 Å². The molecule has 0 heterocycles. The highest BCUT2D eigenvalue weighted by Crippen LogP contribution is 2.03. The van der Waals surface area contributed by atoms with Crippen LogP contribution in [-0.2, 0) is 11.2 Å². The van der Waals surface area contributed by atoms with Crippen LogP contribution >= 0.6 is 0 Å². The molecule has 1 rings (SSSR count). The summed E-state index contributed by atoms with van der Waals surface area (Å²) in [4.78, 5) is 11.7. The SMILES string of the molecule is CCNC(C)CC(=O)Cc1ccccc1. The van der Waals surface area contributed by atoms with Crippen LogP contribution in [0.1, 0.15) is 25.8 Å². The molecule has 1 atom stereocenters. The number of ketones is 1.